The van der Waals surface area contributed by atoms with Crippen molar-refractivity contribution in [3.8, 4) is 5.75 Å². The smallest absolute Gasteiger partial charge is 0.306 e. The number of methoxy groups -OCH3 is 1. The third-order valence-corrected chi connectivity index (χ3v) is 4.47. The number of carbonyl (C=O) groups excluding carboxylic acids is 2. The zero-order valence-electron chi connectivity index (χ0n) is 16.0. The van der Waals surface area contributed by atoms with Crippen LogP contribution in [0, 0.1) is 0 Å². The van der Waals surface area contributed by atoms with E-state index in [-0.39, 0.29) is 12.3 Å². The number of amides is 1. The molecular weight excluding hydrogens is 354 g/mol. The summed E-state index contributed by atoms with van der Waals surface area (Å²) < 4.78 is 10.4. The quantitative estimate of drug-likeness (QED) is 0.622. The van der Waals surface area contributed by atoms with Crippen LogP contribution in [0.25, 0.3) is 10.8 Å². The summed E-state index contributed by atoms with van der Waals surface area (Å²) in [6.07, 6.45) is -0.114. The van der Waals surface area contributed by atoms with E-state index in [2.05, 4.69) is 5.32 Å². The number of hydrogen-bond donors (Lipinski definition) is 1. The summed E-state index contributed by atoms with van der Waals surface area (Å²) in [5.41, 5.74) is 1.68. The lowest BCUT2D eigenvalue weighted by atomic mass is 10.1. The van der Waals surface area contributed by atoms with Gasteiger partial charge < -0.3 is 14.8 Å². The lowest BCUT2D eigenvalue weighted by Crippen LogP contribution is -2.30. The molecule has 3 aromatic rings. The minimum Gasteiger partial charge on any atom is -0.497 e. The van der Waals surface area contributed by atoms with Crippen LogP contribution in [0.2, 0.25) is 0 Å². The second-order valence-corrected chi connectivity index (χ2v) is 6.53. The molecule has 1 atom stereocenters. The Labute approximate surface area is 164 Å². The normalized spacial score (nSPS) is 11.6. The van der Waals surface area contributed by atoms with Crippen LogP contribution in [0.15, 0.2) is 66.7 Å². The van der Waals surface area contributed by atoms with Crippen molar-refractivity contribution in [2.24, 2.45) is 0 Å². The minimum absolute atomic E-state index is 0.208. The number of anilines is 1. The van der Waals surface area contributed by atoms with E-state index in [9.17, 15) is 9.59 Å². The first-order valence-electron chi connectivity index (χ1n) is 9.17. The van der Waals surface area contributed by atoms with Crippen molar-refractivity contribution < 1.29 is 19.1 Å². The topological polar surface area (TPSA) is 64.6 Å². The van der Waals surface area contributed by atoms with Gasteiger partial charge in [-0.2, -0.15) is 0 Å². The Hall–Kier alpha value is -3.34. The number of esters is 1. The first-order chi connectivity index (χ1) is 13.5. The van der Waals surface area contributed by atoms with Crippen LogP contribution in [-0.2, 0) is 20.7 Å². The van der Waals surface area contributed by atoms with Crippen LogP contribution in [0.4, 0.5) is 5.69 Å². The van der Waals surface area contributed by atoms with Crippen LogP contribution >= 0.6 is 0 Å². The first-order valence-corrected chi connectivity index (χ1v) is 9.17. The lowest BCUT2D eigenvalue weighted by Gasteiger charge is -2.14. The molecule has 0 radical (unpaired) electrons. The van der Waals surface area contributed by atoms with Crippen molar-refractivity contribution in [1.29, 1.82) is 0 Å². The highest BCUT2D eigenvalue weighted by atomic mass is 16.5. The van der Waals surface area contributed by atoms with E-state index in [4.69, 9.17) is 9.47 Å². The van der Waals surface area contributed by atoms with Crippen LogP contribution in [0.5, 0.6) is 5.75 Å². The predicted molar refractivity (Wildman–Crippen MR) is 109 cm³/mol. The average Bonchev–Trinajstić information content (AvgIpc) is 2.72. The maximum atomic E-state index is 12.3. The molecule has 3 rings (SSSR count). The number of hydrogen-bond acceptors (Lipinski definition) is 4. The fourth-order valence-corrected chi connectivity index (χ4v) is 2.86. The van der Waals surface area contributed by atoms with Gasteiger partial charge in [0.25, 0.3) is 5.91 Å². The van der Waals surface area contributed by atoms with Gasteiger partial charge in [-0.3, -0.25) is 9.59 Å². The molecule has 0 heterocycles. The van der Waals surface area contributed by atoms with Gasteiger partial charge >= 0.3 is 5.97 Å². The molecule has 3 aromatic carbocycles. The van der Waals surface area contributed by atoms with Gasteiger partial charge in [0.2, 0.25) is 0 Å². The highest BCUT2D eigenvalue weighted by Gasteiger charge is 2.18. The molecule has 0 saturated heterocycles. The van der Waals surface area contributed by atoms with E-state index < -0.39 is 12.1 Å². The Kier molecular flexibility index (Phi) is 6.27. The second-order valence-electron chi connectivity index (χ2n) is 6.53. The molecule has 0 aromatic heterocycles. The molecule has 0 spiro atoms. The standard InChI is InChI=1S/C23H23NO4/c1-16(28-22(25)14-9-17-7-12-21(27-2)13-8-17)23(26)24-20-11-10-18-5-3-4-6-19(18)15-20/h3-8,10-13,15-16H,9,14H2,1-2H3,(H,24,26)/t16-/m0/s1. The molecule has 0 aliphatic rings. The Bertz CT molecular complexity index is 966. The minimum atomic E-state index is -0.866. The highest BCUT2D eigenvalue weighted by molar-refractivity contribution is 5.97. The second kappa shape index (κ2) is 9.04. The van der Waals surface area contributed by atoms with Gasteiger partial charge in [-0.05, 0) is 53.9 Å². The Morgan fingerprint density at radius 2 is 1.68 bits per heavy atom. The summed E-state index contributed by atoms with van der Waals surface area (Å²) in [4.78, 5) is 24.4. The molecule has 0 fully saturated rings. The molecule has 144 valence electrons. The van der Waals surface area contributed by atoms with E-state index in [1.807, 2.05) is 66.7 Å². The third-order valence-electron chi connectivity index (χ3n) is 4.47. The van der Waals surface area contributed by atoms with Crippen molar-refractivity contribution in [3.63, 3.8) is 0 Å². The number of benzene rings is 3. The highest BCUT2D eigenvalue weighted by Crippen LogP contribution is 2.19. The van der Waals surface area contributed by atoms with E-state index in [1.54, 1.807) is 14.0 Å². The average molecular weight is 377 g/mol. The van der Waals surface area contributed by atoms with E-state index in [1.165, 1.54) is 0 Å². The summed E-state index contributed by atoms with van der Waals surface area (Å²) in [6, 6.07) is 21.1. The molecule has 0 bridgehead atoms. The third kappa shape index (κ3) is 5.10. The van der Waals surface area contributed by atoms with Crippen molar-refractivity contribution in [1.82, 2.24) is 0 Å². The first kappa shape index (κ1) is 19.4. The summed E-state index contributed by atoms with van der Waals surface area (Å²) in [6.45, 7) is 1.57. The van der Waals surface area contributed by atoms with Gasteiger partial charge in [0.1, 0.15) is 5.75 Å². The van der Waals surface area contributed by atoms with Gasteiger partial charge in [0.05, 0.1) is 7.11 Å². The summed E-state index contributed by atoms with van der Waals surface area (Å²) in [5.74, 6) is 0.00960. The Morgan fingerprint density at radius 1 is 0.964 bits per heavy atom. The largest absolute Gasteiger partial charge is 0.497 e. The maximum Gasteiger partial charge on any atom is 0.306 e. The van der Waals surface area contributed by atoms with E-state index in [0.29, 0.717) is 12.1 Å². The summed E-state index contributed by atoms with van der Waals surface area (Å²) in [5, 5.41) is 4.92. The van der Waals surface area contributed by atoms with Crippen molar-refractivity contribution in [3.05, 3.63) is 72.3 Å². The molecule has 0 unspecified atom stereocenters. The Morgan fingerprint density at radius 3 is 2.39 bits per heavy atom. The monoisotopic (exact) mass is 377 g/mol. The lowest BCUT2D eigenvalue weighted by molar-refractivity contribution is -0.153. The number of aryl methyl sites for hydroxylation is 1. The van der Waals surface area contributed by atoms with Gasteiger partial charge in [-0.15, -0.1) is 0 Å². The molecule has 1 amide bonds. The zero-order chi connectivity index (χ0) is 19.9. The van der Waals surface area contributed by atoms with E-state index >= 15 is 0 Å². The molecule has 0 aliphatic heterocycles. The zero-order valence-corrected chi connectivity index (χ0v) is 16.0. The van der Waals surface area contributed by atoms with Crippen LogP contribution in [-0.4, -0.2) is 25.1 Å². The van der Waals surface area contributed by atoms with Crippen LogP contribution in [0.1, 0.15) is 18.9 Å². The summed E-state index contributed by atoms with van der Waals surface area (Å²) in [7, 11) is 1.61. The molecular formula is C23H23NO4. The molecule has 5 heteroatoms. The predicted octanol–water partition coefficient (Wildman–Crippen LogP) is 4.35. The van der Waals surface area contributed by atoms with Crippen LogP contribution in [0.3, 0.4) is 0 Å². The number of nitrogens with one attached hydrogen (secondary N) is 1. The van der Waals surface area contributed by atoms with Crippen molar-refractivity contribution in [2.75, 3.05) is 12.4 Å². The number of fused-ring (bicyclic) bond motifs is 1. The SMILES string of the molecule is COc1ccc(CCC(=O)O[C@@H](C)C(=O)Nc2ccc3ccccc3c2)cc1. The van der Waals surface area contributed by atoms with Gasteiger partial charge in [-0.1, -0.05) is 42.5 Å². The van der Waals surface area contributed by atoms with E-state index in [0.717, 1.165) is 22.1 Å². The molecule has 28 heavy (non-hydrogen) atoms. The van der Waals surface area contributed by atoms with Gasteiger partial charge in [0.15, 0.2) is 6.10 Å². The fraction of sp³-hybridized carbons (Fsp3) is 0.217. The number of rotatable bonds is 7. The van der Waals surface area contributed by atoms with Crippen molar-refractivity contribution >= 4 is 28.3 Å². The summed E-state index contributed by atoms with van der Waals surface area (Å²) >= 11 is 0. The van der Waals surface area contributed by atoms with Gasteiger partial charge in [-0.25, -0.2) is 0 Å². The Balaban J connectivity index is 1.50. The van der Waals surface area contributed by atoms with Gasteiger partial charge in [0, 0.05) is 12.1 Å². The number of ether oxygens (including phenoxy) is 2. The molecule has 5 nitrogen and oxygen atoms in total. The molecule has 1 N–H and O–H groups in total. The fourth-order valence-electron chi connectivity index (χ4n) is 2.86. The van der Waals surface area contributed by atoms with Crippen LogP contribution < -0.4 is 10.1 Å². The molecule has 0 aliphatic carbocycles. The number of carbonyl (C=O) groups is 2. The van der Waals surface area contributed by atoms with Crippen molar-refractivity contribution in [2.45, 2.75) is 25.9 Å². The maximum absolute atomic E-state index is 12.3. The molecule has 0 saturated carbocycles.